The molecule has 0 saturated carbocycles. The first-order valence-corrected chi connectivity index (χ1v) is 13.8. The summed E-state index contributed by atoms with van der Waals surface area (Å²) in [6.45, 7) is 4.76. The predicted molar refractivity (Wildman–Crippen MR) is 132 cm³/mol. The number of anilines is 1. The summed E-state index contributed by atoms with van der Waals surface area (Å²) < 4.78 is 56.2. The Hall–Kier alpha value is -2.96. The van der Waals surface area contributed by atoms with Gasteiger partial charge in [-0.3, -0.25) is 9.59 Å². The molecule has 1 unspecified atom stereocenters. The minimum Gasteiger partial charge on any atom is -0.489 e. The molecule has 2 N–H and O–H groups in total. The number of benzene rings is 1. The molecule has 4 heterocycles. The molecule has 3 aliphatic heterocycles. The third-order valence-corrected chi connectivity index (χ3v) is 8.95. The Balaban J connectivity index is 1.40. The fraction of sp³-hybridized carbons (Fsp3) is 0.520. The zero-order valence-electron chi connectivity index (χ0n) is 21.0. The molecule has 3 aliphatic rings. The number of amides is 2. The van der Waals surface area contributed by atoms with E-state index >= 15 is 0 Å². The van der Waals surface area contributed by atoms with Crippen LogP contribution in [0.2, 0.25) is 0 Å². The number of carbonyl (C=O) groups is 2. The summed E-state index contributed by atoms with van der Waals surface area (Å²) >= 11 is 0. The number of aromatic nitrogens is 1. The molecule has 2 aromatic rings. The second-order valence-electron chi connectivity index (χ2n) is 10.2. The summed E-state index contributed by atoms with van der Waals surface area (Å²) in [5.74, 6) is -1.45. The minimum absolute atomic E-state index is 0.0245. The number of hydrogen-bond donors (Lipinski definition) is 2. The molecule has 3 atom stereocenters. The molecule has 5 rings (SSSR count). The summed E-state index contributed by atoms with van der Waals surface area (Å²) in [7, 11) is -2.45. The van der Waals surface area contributed by atoms with Gasteiger partial charge < -0.3 is 24.3 Å². The summed E-state index contributed by atoms with van der Waals surface area (Å²) in [4.78, 5) is 28.0. The molecule has 0 spiro atoms. The van der Waals surface area contributed by atoms with Crippen LogP contribution in [0.3, 0.4) is 0 Å². The Morgan fingerprint density at radius 2 is 2.08 bits per heavy atom. The maximum atomic E-state index is 13.6. The van der Waals surface area contributed by atoms with Crippen LogP contribution in [0.1, 0.15) is 42.2 Å². The van der Waals surface area contributed by atoms with Gasteiger partial charge in [-0.2, -0.15) is 0 Å². The molecule has 0 aliphatic carbocycles. The molecule has 2 saturated heterocycles. The van der Waals surface area contributed by atoms with E-state index in [4.69, 9.17) is 9.47 Å². The van der Waals surface area contributed by atoms with Crippen molar-refractivity contribution in [1.29, 1.82) is 0 Å². The van der Waals surface area contributed by atoms with Gasteiger partial charge in [-0.1, -0.05) is 0 Å². The van der Waals surface area contributed by atoms with Crippen LogP contribution in [0.15, 0.2) is 29.3 Å². The standard InChI is InChI=1S/C25H31FN4O6S/c1-15-11-17(5-6-18(15)26)27-23(31)21-22-20(13-29(21)3)37(33,34)28-19-7-9-30(12-16(19)14-35-22)24(32)25(2)8-4-10-36-25/h5-6,11,13,16,19,28H,4,7-10,12,14H2,1-3H3,(H,27,31)/t16-,19+,25?/m0/s1. The minimum atomic E-state index is -4.01. The van der Waals surface area contributed by atoms with Crippen molar-refractivity contribution >= 4 is 27.5 Å². The maximum absolute atomic E-state index is 13.6. The molecule has 200 valence electrons. The second-order valence-corrected chi connectivity index (χ2v) is 11.9. The van der Waals surface area contributed by atoms with Gasteiger partial charge in [-0.05, 0) is 56.9 Å². The van der Waals surface area contributed by atoms with Crippen molar-refractivity contribution in [2.75, 3.05) is 31.6 Å². The Bertz CT molecular complexity index is 1350. The highest BCUT2D eigenvalue weighted by atomic mass is 32.2. The van der Waals surface area contributed by atoms with Gasteiger partial charge in [0.15, 0.2) is 11.4 Å². The van der Waals surface area contributed by atoms with Crippen molar-refractivity contribution in [3.05, 3.63) is 41.5 Å². The Morgan fingerprint density at radius 1 is 1.30 bits per heavy atom. The maximum Gasteiger partial charge on any atom is 0.276 e. The van der Waals surface area contributed by atoms with E-state index in [0.29, 0.717) is 43.8 Å². The number of halogens is 1. The van der Waals surface area contributed by atoms with Crippen LogP contribution in [-0.2, 0) is 26.6 Å². The van der Waals surface area contributed by atoms with Crippen LogP contribution < -0.4 is 14.8 Å². The molecule has 1 aromatic carbocycles. The van der Waals surface area contributed by atoms with E-state index in [-0.39, 0.29) is 34.8 Å². The third-order valence-electron chi connectivity index (χ3n) is 7.46. The fourth-order valence-corrected chi connectivity index (χ4v) is 6.89. The predicted octanol–water partition coefficient (Wildman–Crippen LogP) is 2.18. The lowest BCUT2D eigenvalue weighted by atomic mass is 9.91. The highest BCUT2D eigenvalue weighted by Gasteiger charge is 2.45. The van der Waals surface area contributed by atoms with Gasteiger partial charge in [0.05, 0.1) is 6.61 Å². The monoisotopic (exact) mass is 534 g/mol. The first-order chi connectivity index (χ1) is 17.5. The molecule has 12 heteroatoms. The third kappa shape index (κ3) is 4.73. The quantitative estimate of drug-likeness (QED) is 0.623. The molecule has 2 fully saturated rings. The van der Waals surface area contributed by atoms with E-state index in [1.807, 2.05) is 0 Å². The first-order valence-electron chi connectivity index (χ1n) is 12.3. The fourth-order valence-electron chi connectivity index (χ4n) is 5.36. The summed E-state index contributed by atoms with van der Waals surface area (Å²) in [5, 5.41) is 2.69. The first kappa shape index (κ1) is 25.7. The number of nitrogens with zero attached hydrogens (tertiary/aromatic N) is 2. The van der Waals surface area contributed by atoms with Crippen molar-refractivity contribution in [1.82, 2.24) is 14.2 Å². The molecule has 2 amide bonds. The zero-order valence-corrected chi connectivity index (χ0v) is 21.9. The Labute approximate surface area is 215 Å². The van der Waals surface area contributed by atoms with Gasteiger partial charge in [0.25, 0.3) is 11.8 Å². The van der Waals surface area contributed by atoms with E-state index in [9.17, 15) is 22.4 Å². The van der Waals surface area contributed by atoms with Crippen LogP contribution in [0, 0.1) is 18.7 Å². The van der Waals surface area contributed by atoms with Crippen LogP contribution >= 0.6 is 0 Å². The van der Waals surface area contributed by atoms with Crippen LogP contribution in [0.5, 0.6) is 5.75 Å². The number of nitrogens with one attached hydrogen (secondary N) is 2. The van der Waals surface area contributed by atoms with E-state index in [2.05, 4.69) is 10.0 Å². The average molecular weight is 535 g/mol. The number of hydrogen-bond acceptors (Lipinski definition) is 6. The molecule has 0 bridgehead atoms. The van der Waals surface area contributed by atoms with E-state index in [1.165, 1.54) is 29.0 Å². The number of sulfonamides is 1. The number of fused-ring (bicyclic) bond motifs is 2. The zero-order chi connectivity index (χ0) is 26.5. The SMILES string of the molecule is Cc1cc(NC(=O)c2c3c(cn2C)S(=O)(=O)N[C@@H]2CCN(C(=O)C4(C)CCCO4)C[C@H]2CO3)ccc1F. The van der Waals surface area contributed by atoms with E-state index < -0.39 is 33.4 Å². The topological polar surface area (TPSA) is 119 Å². The normalized spacial score (nSPS) is 26.9. The lowest BCUT2D eigenvalue weighted by molar-refractivity contribution is -0.153. The highest BCUT2D eigenvalue weighted by molar-refractivity contribution is 7.89. The van der Waals surface area contributed by atoms with Crippen molar-refractivity contribution in [2.24, 2.45) is 13.0 Å². The van der Waals surface area contributed by atoms with Gasteiger partial charge in [0, 0.05) is 50.6 Å². The van der Waals surface area contributed by atoms with Crippen LogP contribution in [0.25, 0.3) is 0 Å². The van der Waals surface area contributed by atoms with Crippen molar-refractivity contribution in [2.45, 2.75) is 49.6 Å². The van der Waals surface area contributed by atoms with Gasteiger partial charge in [-0.15, -0.1) is 0 Å². The molecule has 1 aromatic heterocycles. The molecule has 37 heavy (non-hydrogen) atoms. The van der Waals surface area contributed by atoms with Crippen LogP contribution in [0.4, 0.5) is 10.1 Å². The van der Waals surface area contributed by atoms with Crippen molar-refractivity contribution in [3.63, 3.8) is 0 Å². The number of rotatable bonds is 3. The lowest BCUT2D eigenvalue weighted by Gasteiger charge is -2.41. The summed E-state index contributed by atoms with van der Waals surface area (Å²) in [6, 6.07) is 3.75. The number of carbonyl (C=O) groups excluding carboxylic acids is 2. The largest absolute Gasteiger partial charge is 0.489 e. The highest BCUT2D eigenvalue weighted by Crippen LogP contribution is 2.36. The van der Waals surface area contributed by atoms with Crippen molar-refractivity contribution in [3.8, 4) is 5.75 Å². The summed E-state index contributed by atoms with van der Waals surface area (Å²) in [6.07, 6.45) is 3.26. The number of ether oxygens (including phenoxy) is 2. The Morgan fingerprint density at radius 3 is 2.78 bits per heavy atom. The van der Waals surface area contributed by atoms with Gasteiger partial charge in [0.2, 0.25) is 10.0 Å². The molecular weight excluding hydrogens is 503 g/mol. The molecule has 10 nitrogen and oxygen atoms in total. The van der Waals surface area contributed by atoms with Gasteiger partial charge >= 0.3 is 0 Å². The molecular formula is C25H31FN4O6S. The van der Waals surface area contributed by atoms with Gasteiger partial charge in [-0.25, -0.2) is 17.5 Å². The molecule has 0 radical (unpaired) electrons. The van der Waals surface area contributed by atoms with E-state index in [0.717, 1.165) is 6.42 Å². The van der Waals surface area contributed by atoms with Crippen LogP contribution in [-0.4, -0.2) is 67.6 Å². The number of aryl methyl sites for hydroxylation is 2. The summed E-state index contributed by atoms with van der Waals surface area (Å²) in [5.41, 5.74) is -0.0979. The average Bonchev–Trinajstić information content (AvgIpc) is 3.43. The number of piperidine rings is 1. The second kappa shape index (κ2) is 9.41. The Kier molecular flexibility index (Phi) is 6.53. The smallest absolute Gasteiger partial charge is 0.276 e. The lowest BCUT2D eigenvalue weighted by Crippen LogP contribution is -2.58. The van der Waals surface area contributed by atoms with E-state index in [1.54, 1.807) is 25.8 Å². The van der Waals surface area contributed by atoms with Crippen molar-refractivity contribution < 1.29 is 31.9 Å². The number of likely N-dealkylation sites (tertiary alicyclic amines) is 1. The van der Waals surface area contributed by atoms with Gasteiger partial charge in [0.1, 0.15) is 16.3 Å².